The number of ether oxygens (including phenoxy) is 2. The van der Waals surface area contributed by atoms with E-state index in [0.717, 1.165) is 24.1 Å². The van der Waals surface area contributed by atoms with Gasteiger partial charge < -0.3 is 9.47 Å². The van der Waals surface area contributed by atoms with Crippen LogP contribution in [0.15, 0.2) is 42.5 Å². The second-order valence-corrected chi connectivity index (χ2v) is 9.47. The number of hydrogen-bond donors (Lipinski definition) is 0. The van der Waals surface area contributed by atoms with Gasteiger partial charge in [0.2, 0.25) is 0 Å². The molecule has 176 valence electrons. The number of hydrogen-bond acceptors (Lipinski definition) is 4. The third kappa shape index (κ3) is 4.92. The zero-order valence-corrected chi connectivity index (χ0v) is 18.7. The minimum absolute atomic E-state index is 0.0107. The van der Waals surface area contributed by atoms with E-state index in [1.807, 2.05) is 30.3 Å². The van der Waals surface area contributed by atoms with Gasteiger partial charge in [0.05, 0.1) is 11.6 Å². The number of carbonyl (C=O) groups is 1. The lowest BCUT2D eigenvalue weighted by molar-refractivity contribution is -0.274. The first-order valence-electron chi connectivity index (χ1n) is 11.1. The van der Waals surface area contributed by atoms with Gasteiger partial charge in [0.15, 0.2) is 5.75 Å². The van der Waals surface area contributed by atoms with Crippen LogP contribution in [0.1, 0.15) is 42.7 Å². The molecule has 2 aromatic rings. The predicted molar refractivity (Wildman–Crippen MR) is 118 cm³/mol. The standard InChI is InChI=1S/C24H24ClF3N2O3/c25-20-13-16(12-19(17-6-7-17)21(20)32-24(26,27)28)14-29-10-8-23(9-11-29)15-30(22(31)33-23)18-4-2-1-3-5-18/h1-5,12-13,17H,6-11,14-15H2. The third-order valence-corrected chi connectivity index (χ3v) is 6.86. The van der Waals surface area contributed by atoms with E-state index < -0.39 is 12.0 Å². The van der Waals surface area contributed by atoms with Gasteiger partial charge in [-0.15, -0.1) is 13.2 Å². The molecule has 1 amide bonds. The maximum atomic E-state index is 12.8. The van der Waals surface area contributed by atoms with Gasteiger partial charge in [0.1, 0.15) is 5.60 Å². The lowest BCUT2D eigenvalue weighted by Crippen LogP contribution is -2.46. The second-order valence-electron chi connectivity index (χ2n) is 9.07. The number of anilines is 1. The fourth-order valence-electron chi connectivity index (χ4n) is 4.75. The minimum Gasteiger partial charge on any atom is -0.441 e. The maximum absolute atomic E-state index is 12.8. The van der Waals surface area contributed by atoms with Crippen molar-refractivity contribution in [2.24, 2.45) is 0 Å². The largest absolute Gasteiger partial charge is 0.573 e. The number of halogens is 4. The summed E-state index contributed by atoms with van der Waals surface area (Å²) >= 11 is 6.21. The smallest absolute Gasteiger partial charge is 0.441 e. The molecule has 0 N–H and O–H groups in total. The highest BCUT2D eigenvalue weighted by Crippen LogP contribution is 2.48. The van der Waals surface area contributed by atoms with Crippen molar-refractivity contribution in [2.45, 2.75) is 50.1 Å². The number of amides is 1. The molecule has 2 aliphatic heterocycles. The van der Waals surface area contributed by atoms with Crippen molar-refractivity contribution in [3.63, 3.8) is 0 Å². The Morgan fingerprint density at radius 2 is 1.82 bits per heavy atom. The van der Waals surface area contributed by atoms with Gasteiger partial charge in [-0.25, -0.2) is 4.79 Å². The van der Waals surface area contributed by atoms with E-state index in [-0.39, 0.29) is 22.8 Å². The van der Waals surface area contributed by atoms with Crippen LogP contribution in [0.5, 0.6) is 5.75 Å². The average molecular weight is 481 g/mol. The highest BCUT2D eigenvalue weighted by atomic mass is 35.5. The molecular formula is C24H24ClF3N2O3. The van der Waals surface area contributed by atoms with Crippen LogP contribution in [-0.4, -0.2) is 42.6 Å². The monoisotopic (exact) mass is 480 g/mol. The molecule has 0 radical (unpaired) electrons. The number of rotatable bonds is 5. The molecule has 0 unspecified atom stereocenters. The Morgan fingerprint density at radius 3 is 2.45 bits per heavy atom. The summed E-state index contributed by atoms with van der Waals surface area (Å²) in [5.41, 5.74) is 1.71. The van der Waals surface area contributed by atoms with Crippen LogP contribution in [0, 0.1) is 0 Å². The van der Waals surface area contributed by atoms with Crippen LogP contribution in [0.25, 0.3) is 0 Å². The minimum atomic E-state index is -4.78. The van der Waals surface area contributed by atoms with Crippen LogP contribution < -0.4 is 9.64 Å². The first kappa shape index (κ1) is 22.3. The molecule has 0 atom stereocenters. The topological polar surface area (TPSA) is 42.0 Å². The van der Waals surface area contributed by atoms with Crippen molar-refractivity contribution < 1.29 is 27.4 Å². The Bertz CT molecular complexity index is 1040. The van der Waals surface area contributed by atoms with Crippen molar-refractivity contribution in [3.8, 4) is 5.75 Å². The molecule has 0 bridgehead atoms. The van der Waals surface area contributed by atoms with E-state index in [0.29, 0.717) is 44.6 Å². The molecule has 2 aromatic carbocycles. The van der Waals surface area contributed by atoms with E-state index in [4.69, 9.17) is 16.3 Å². The van der Waals surface area contributed by atoms with E-state index in [1.54, 1.807) is 17.0 Å². The van der Waals surface area contributed by atoms with Crippen molar-refractivity contribution in [2.75, 3.05) is 24.5 Å². The summed E-state index contributed by atoms with van der Waals surface area (Å²) in [5.74, 6) is -0.210. The normalized spacial score (nSPS) is 20.8. The number of para-hydroxylation sites is 1. The zero-order valence-electron chi connectivity index (χ0n) is 17.9. The second kappa shape index (κ2) is 8.40. The van der Waals surface area contributed by atoms with E-state index >= 15 is 0 Å². The molecule has 2 heterocycles. The molecule has 33 heavy (non-hydrogen) atoms. The summed E-state index contributed by atoms with van der Waals surface area (Å²) in [4.78, 5) is 16.4. The van der Waals surface area contributed by atoms with Crippen LogP contribution >= 0.6 is 11.6 Å². The molecular weight excluding hydrogens is 457 g/mol. The Labute approximate surface area is 195 Å². The van der Waals surface area contributed by atoms with Gasteiger partial charge in [-0.1, -0.05) is 35.9 Å². The summed E-state index contributed by atoms with van der Waals surface area (Å²) in [6.45, 7) is 2.52. The lowest BCUT2D eigenvalue weighted by atomic mass is 9.91. The number of nitrogens with zero attached hydrogens (tertiary/aromatic N) is 2. The molecule has 1 aliphatic carbocycles. The Morgan fingerprint density at radius 1 is 1.12 bits per heavy atom. The Hall–Kier alpha value is -2.45. The number of likely N-dealkylation sites (tertiary alicyclic amines) is 1. The van der Waals surface area contributed by atoms with Gasteiger partial charge in [-0.05, 0) is 48.1 Å². The maximum Gasteiger partial charge on any atom is 0.573 e. The quantitative estimate of drug-likeness (QED) is 0.518. The fraction of sp³-hybridized carbons (Fsp3) is 0.458. The summed E-state index contributed by atoms with van der Waals surface area (Å²) in [5, 5.41) is -0.0107. The number of carbonyl (C=O) groups excluding carboxylic acids is 1. The fourth-order valence-corrected chi connectivity index (χ4v) is 5.04. The molecule has 1 spiro atoms. The first-order chi connectivity index (χ1) is 15.7. The van der Waals surface area contributed by atoms with Crippen molar-refractivity contribution in [1.82, 2.24) is 4.90 Å². The molecule has 5 nitrogen and oxygen atoms in total. The van der Waals surface area contributed by atoms with E-state index in [1.165, 1.54) is 0 Å². The average Bonchev–Trinajstić information content (AvgIpc) is 3.56. The number of alkyl halides is 3. The molecule has 5 rings (SSSR count). The third-order valence-electron chi connectivity index (χ3n) is 6.58. The number of benzene rings is 2. The molecule has 0 aromatic heterocycles. The van der Waals surface area contributed by atoms with E-state index in [9.17, 15) is 18.0 Å². The van der Waals surface area contributed by atoms with Crippen molar-refractivity contribution >= 4 is 23.4 Å². The van der Waals surface area contributed by atoms with Crippen molar-refractivity contribution in [1.29, 1.82) is 0 Å². The predicted octanol–water partition coefficient (Wildman–Crippen LogP) is 6.11. The van der Waals surface area contributed by atoms with Crippen LogP contribution in [-0.2, 0) is 11.3 Å². The molecule has 1 saturated carbocycles. The Balaban J connectivity index is 1.25. The van der Waals surface area contributed by atoms with Crippen LogP contribution in [0.2, 0.25) is 5.02 Å². The Kier molecular flexibility index (Phi) is 5.69. The summed E-state index contributed by atoms with van der Waals surface area (Å²) in [6, 6.07) is 12.8. The zero-order chi connectivity index (χ0) is 23.2. The SMILES string of the molecule is O=C1OC2(CCN(Cc3cc(Cl)c(OC(F)(F)F)c(C4CC4)c3)CC2)CN1c1ccccc1. The van der Waals surface area contributed by atoms with Gasteiger partial charge in [0, 0.05) is 38.2 Å². The molecule has 3 aliphatic rings. The summed E-state index contributed by atoms with van der Waals surface area (Å²) in [6.07, 6.45) is -2.04. The van der Waals surface area contributed by atoms with Gasteiger partial charge in [-0.3, -0.25) is 9.80 Å². The first-order valence-corrected chi connectivity index (χ1v) is 11.5. The van der Waals surface area contributed by atoms with E-state index in [2.05, 4.69) is 9.64 Å². The van der Waals surface area contributed by atoms with Crippen molar-refractivity contribution in [3.05, 3.63) is 58.6 Å². The van der Waals surface area contributed by atoms with Gasteiger partial charge in [-0.2, -0.15) is 0 Å². The summed E-state index contributed by atoms with van der Waals surface area (Å²) in [7, 11) is 0. The van der Waals surface area contributed by atoms with Gasteiger partial charge in [0.25, 0.3) is 0 Å². The highest BCUT2D eigenvalue weighted by molar-refractivity contribution is 6.32. The molecule has 2 saturated heterocycles. The van der Waals surface area contributed by atoms with Crippen LogP contribution in [0.3, 0.4) is 0 Å². The summed E-state index contributed by atoms with van der Waals surface area (Å²) < 4.78 is 48.6. The molecule has 9 heteroatoms. The highest BCUT2D eigenvalue weighted by Gasteiger charge is 2.47. The lowest BCUT2D eigenvalue weighted by Gasteiger charge is -2.37. The molecule has 3 fully saturated rings. The number of piperidine rings is 1. The van der Waals surface area contributed by atoms with Crippen LogP contribution in [0.4, 0.5) is 23.7 Å². The van der Waals surface area contributed by atoms with Gasteiger partial charge >= 0.3 is 12.5 Å².